The molecular formula is C11H7ClF3N3O2. The highest BCUT2D eigenvalue weighted by atomic mass is 35.5. The van der Waals surface area contributed by atoms with Crippen LogP contribution in [0.4, 0.5) is 19.0 Å². The minimum atomic E-state index is -4.55. The maximum absolute atomic E-state index is 12.7. The smallest absolute Gasteiger partial charge is 0.358 e. The van der Waals surface area contributed by atoms with E-state index < -0.39 is 21.7 Å². The van der Waals surface area contributed by atoms with Crippen LogP contribution in [0.3, 0.4) is 0 Å². The van der Waals surface area contributed by atoms with Crippen LogP contribution in [-0.2, 0) is 12.7 Å². The van der Waals surface area contributed by atoms with E-state index in [1.165, 1.54) is 23.0 Å². The molecular weight excluding hydrogens is 299 g/mol. The van der Waals surface area contributed by atoms with Crippen LogP contribution in [0.25, 0.3) is 0 Å². The Morgan fingerprint density at radius 3 is 2.60 bits per heavy atom. The number of aromatic nitrogens is 2. The lowest BCUT2D eigenvalue weighted by atomic mass is 10.1. The summed E-state index contributed by atoms with van der Waals surface area (Å²) >= 11 is 5.50. The van der Waals surface area contributed by atoms with E-state index in [9.17, 15) is 23.3 Å². The fourth-order valence-corrected chi connectivity index (χ4v) is 1.84. The van der Waals surface area contributed by atoms with E-state index in [4.69, 9.17) is 11.6 Å². The zero-order chi connectivity index (χ0) is 14.9. The van der Waals surface area contributed by atoms with Crippen molar-refractivity contribution in [3.63, 3.8) is 0 Å². The molecule has 0 saturated heterocycles. The van der Waals surface area contributed by atoms with Crippen LogP contribution >= 0.6 is 11.6 Å². The van der Waals surface area contributed by atoms with E-state index in [-0.39, 0.29) is 12.4 Å². The van der Waals surface area contributed by atoms with E-state index in [0.717, 1.165) is 12.1 Å². The molecule has 0 aliphatic heterocycles. The summed E-state index contributed by atoms with van der Waals surface area (Å²) < 4.78 is 39.2. The molecule has 0 aliphatic carbocycles. The van der Waals surface area contributed by atoms with Crippen molar-refractivity contribution in [3.05, 3.63) is 56.7 Å². The van der Waals surface area contributed by atoms with Crippen LogP contribution < -0.4 is 0 Å². The highest BCUT2D eigenvalue weighted by Gasteiger charge is 2.33. The fourth-order valence-electron chi connectivity index (χ4n) is 1.61. The molecule has 9 heteroatoms. The molecule has 1 heterocycles. The Labute approximate surface area is 115 Å². The highest BCUT2D eigenvalue weighted by Crippen LogP contribution is 2.35. The molecule has 1 aromatic heterocycles. The first-order chi connectivity index (χ1) is 9.27. The Morgan fingerprint density at radius 1 is 1.35 bits per heavy atom. The van der Waals surface area contributed by atoms with Gasteiger partial charge in [-0.05, 0) is 22.6 Å². The second kappa shape index (κ2) is 5.12. The van der Waals surface area contributed by atoms with Crippen molar-refractivity contribution in [2.24, 2.45) is 0 Å². The Morgan fingerprint density at radius 2 is 2.05 bits per heavy atom. The number of rotatable bonds is 3. The normalized spacial score (nSPS) is 11.6. The van der Waals surface area contributed by atoms with Gasteiger partial charge in [-0.2, -0.15) is 17.9 Å². The first-order valence-electron chi connectivity index (χ1n) is 5.31. The Balaban J connectivity index is 2.27. The minimum absolute atomic E-state index is 0.0198. The average Bonchev–Trinajstić information content (AvgIpc) is 2.79. The van der Waals surface area contributed by atoms with E-state index >= 15 is 0 Å². The zero-order valence-corrected chi connectivity index (χ0v) is 10.5. The summed E-state index contributed by atoms with van der Waals surface area (Å²) in [5, 5.41) is 13.7. The van der Waals surface area contributed by atoms with Gasteiger partial charge in [-0.15, -0.1) is 0 Å². The third-order valence-electron chi connectivity index (χ3n) is 2.49. The Hall–Kier alpha value is -2.09. The molecule has 1 aromatic carbocycles. The van der Waals surface area contributed by atoms with Crippen LogP contribution in [0.5, 0.6) is 0 Å². The summed E-state index contributed by atoms with van der Waals surface area (Å²) in [5.74, 6) is -0.366. The van der Waals surface area contributed by atoms with Gasteiger partial charge in [0.05, 0.1) is 34.5 Å². The van der Waals surface area contributed by atoms with Gasteiger partial charge in [-0.1, -0.05) is 17.7 Å². The monoisotopic (exact) mass is 305 g/mol. The maximum Gasteiger partial charge on any atom is 0.417 e. The van der Waals surface area contributed by atoms with Crippen molar-refractivity contribution in [2.75, 3.05) is 0 Å². The van der Waals surface area contributed by atoms with Crippen LogP contribution in [-0.4, -0.2) is 14.7 Å². The lowest BCUT2D eigenvalue weighted by molar-refractivity contribution is -0.389. The molecule has 106 valence electrons. The lowest BCUT2D eigenvalue weighted by Crippen LogP contribution is -2.08. The summed E-state index contributed by atoms with van der Waals surface area (Å²) in [4.78, 5) is 9.78. The van der Waals surface area contributed by atoms with Gasteiger partial charge in [0.25, 0.3) is 0 Å². The number of benzene rings is 1. The van der Waals surface area contributed by atoms with Gasteiger partial charge in [-0.25, -0.2) is 0 Å². The minimum Gasteiger partial charge on any atom is -0.358 e. The van der Waals surface area contributed by atoms with E-state index in [1.807, 2.05) is 0 Å². The van der Waals surface area contributed by atoms with Gasteiger partial charge in [0, 0.05) is 0 Å². The van der Waals surface area contributed by atoms with E-state index in [2.05, 4.69) is 5.10 Å². The largest absolute Gasteiger partial charge is 0.417 e. The highest BCUT2D eigenvalue weighted by molar-refractivity contribution is 6.31. The van der Waals surface area contributed by atoms with Gasteiger partial charge < -0.3 is 10.1 Å². The molecule has 0 amide bonds. The van der Waals surface area contributed by atoms with Gasteiger partial charge >= 0.3 is 12.0 Å². The Kier molecular flexibility index (Phi) is 3.67. The molecule has 0 unspecified atom stereocenters. The quantitative estimate of drug-likeness (QED) is 0.644. The first-order valence-corrected chi connectivity index (χ1v) is 5.68. The van der Waals surface area contributed by atoms with Crippen LogP contribution in [0.15, 0.2) is 30.5 Å². The number of nitro groups is 1. The van der Waals surface area contributed by atoms with Gasteiger partial charge in [0.15, 0.2) is 0 Å². The molecule has 20 heavy (non-hydrogen) atoms. The molecule has 0 bridgehead atoms. The molecule has 0 radical (unpaired) electrons. The van der Waals surface area contributed by atoms with Gasteiger partial charge in [0.2, 0.25) is 0 Å². The average molecular weight is 306 g/mol. The molecule has 0 fully saturated rings. The number of nitrogens with zero attached hydrogens (tertiary/aromatic N) is 3. The van der Waals surface area contributed by atoms with E-state index in [1.54, 1.807) is 0 Å². The number of hydrogen-bond donors (Lipinski definition) is 0. The third-order valence-corrected chi connectivity index (χ3v) is 2.82. The molecule has 0 saturated carbocycles. The second-order valence-corrected chi connectivity index (χ2v) is 4.35. The molecule has 2 rings (SSSR count). The van der Waals surface area contributed by atoms with Crippen molar-refractivity contribution in [1.82, 2.24) is 9.78 Å². The zero-order valence-electron chi connectivity index (χ0n) is 9.76. The SMILES string of the molecule is O=[N+]([O-])c1ccn(Cc2ccc(Cl)c(C(F)(F)F)c2)n1. The predicted octanol–water partition coefficient (Wildman–Crippen LogP) is 3.51. The summed E-state index contributed by atoms with van der Waals surface area (Å²) in [6.07, 6.45) is -3.23. The predicted molar refractivity (Wildman–Crippen MR) is 64.4 cm³/mol. The van der Waals surface area contributed by atoms with Crippen molar-refractivity contribution in [2.45, 2.75) is 12.7 Å². The third kappa shape index (κ3) is 3.08. The molecule has 0 aliphatic rings. The summed E-state index contributed by atoms with van der Waals surface area (Å²) in [7, 11) is 0. The van der Waals surface area contributed by atoms with Gasteiger partial charge in [0.1, 0.15) is 0 Å². The molecule has 0 atom stereocenters. The van der Waals surface area contributed by atoms with Crippen LogP contribution in [0.1, 0.15) is 11.1 Å². The topological polar surface area (TPSA) is 61.0 Å². The second-order valence-electron chi connectivity index (χ2n) is 3.94. The van der Waals surface area contributed by atoms with Crippen LogP contribution in [0.2, 0.25) is 5.02 Å². The lowest BCUT2D eigenvalue weighted by Gasteiger charge is -2.10. The maximum atomic E-state index is 12.7. The molecule has 0 N–H and O–H groups in total. The molecule has 2 aromatic rings. The van der Waals surface area contributed by atoms with Crippen molar-refractivity contribution in [1.29, 1.82) is 0 Å². The summed E-state index contributed by atoms with van der Waals surface area (Å²) in [5.41, 5.74) is -0.655. The first kappa shape index (κ1) is 14.3. The Bertz CT molecular complexity index is 655. The number of hydrogen-bond acceptors (Lipinski definition) is 3. The molecule has 0 spiro atoms. The molecule has 5 nitrogen and oxygen atoms in total. The van der Waals surface area contributed by atoms with Crippen molar-refractivity contribution in [3.8, 4) is 0 Å². The standard InChI is InChI=1S/C11H7ClF3N3O2/c12-9-2-1-7(5-8(9)11(13,14)15)6-17-4-3-10(16-17)18(19)20/h1-5H,6H2. The summed E-state index contributed by atoms with van der Waals surface area (Å²) in [6, 6.07) is 4.61. The number of halogens is 4. The van der Waals surface area contributed by atoms with E-state index in [0.29, 0.717) is 5.56 Å². The van der Waals surface area contributed by atoms with Gasteiger partial charge in [-0.3, -0.25) is 0 Å². The summed E-state index contributed by atoms with van der Waals surface area (Å²) in [6.45, 7) is -0.0198. The van der Waals surface area contributed by atoms with Crippen molar-refractivity contribution < 1.29 is 18.1 Å². The van der Waals surface area contributed by atoms with Crippen LogP contribution in [0, 0.1) is 10.1 Å². The van der Waals surface area contributed by atoms with Crippen molar-refractivity contribution >= 4 is 17.4 Å². The fraction of sp³-hybridized carbons (Fsp3) is 0.182. The number of alkyl halides is 3.